The van der Waals surface area contributed by atoms with Gasteiger partial charge in [0.2, 0.25) is 0 Å². The molecule has 39 heavy (non-hydrogen) atoms. The van der Waals surface area contributed by atoms with E-state index in [1.165, 1.54) is 12.8 Å². The van der Waals surface area contributed by atoms with Crippen molar-refractivity contribution in [2.24, 2.45) is 40.4 Å². The standard InChI is InChI=1S/C33H54O6/c1-28(2,35)14-13-27-33(9,39-30(5,6)38-27)26-11-10-20-19-16-23(34)22-17-24-25(37-29(3,4)36-24)18-32(22,8)21(19)12-15-31(20,26)7/h19-22,24-27,35H,10-18H2,1-9H3/t19-,20+,21+,22+,24-,25+,26+,27-,31+,32-,33-/m1/s1. The van der Waals surface area contributed by atoms with Crippen molar-refractivity contribution in [2.45, 2.75) is 161 Å². The minimum absolute atomic E-state index is 0.0154. The van der Waals surface area contributed by atoms with Crippen LogP contribution in [0.3, 0.4) is 0 Å². The number of aliphatic hydroxyl groups is 1. The van der Waals surface area contributed by atoms with Crippen molar-refractivity contribution >= 4 is 5.78 Å². The first-order chi connectivity index (χ1) is 17.9. The van der Waals surface area contributed by atoms with Gasteiger partial charge in [0.25, 0.3) is 0 Å². The second-order valence-electron chi connectivity index (χ2n) is 16.6. The van der Waals surface area contributed by atoms with Gasteiger partial charge in [0.1, 0.15) is 5.78 Å². The van der Waals surface area contributed by atoms with Crippen LogP contribution in [0.15, 0.2) is 0 Å². The SMILES string of the molecule is CC(C)(O)CC[C@H]1OC(C)(C)O[C@]1(C)[C@H]1CC[C@H]2[C@H]3CC(=O)[C@@H]4C[C@H]5OC(C)(C)O[C@H]5C[C@]4(C)[C@H]3CC[C@@]21C. The van der Waals surface area contributed by atoms with Crippen LogP contribution in [0, 0.1) is 40.4 Å². The fourth-order valence-corrected chi connectivity index (χ4v) is 11.2. The van der Waals surface area contributed by atoms with Gasteiger partial charge < -0.3 is 24.1 Å². The molecule has 6 nitrogen and oxygen atoms in total. The zero-order valence-electron chi connectivity index (χ0n) is 26.0. The van der Waals surface area contributed by atoms with Gasteiger partial charge in [0.15, 0.2) is 11.6 Å². The second-order valence-corrected chi connectivity index (χ2v) is 16.6. The lowest BCUT2D eigenvalue weighted by Gasteiger charge is -2.61. The quantitative estimate of drug-likeness (QED) is 0.439. The summed E-state index contributed by atoms with van der Waals surface area (Å²) in [6, 6.07) is 0. The number of hydrogen-bond acceptors (Lipinski definition) is 6. The first-order valence-corrected chi connectivity index (χ1v) is 15.9. The maximum absolute atomic E-state index is 13.9. The van der Waals surface area contributed by atoms with E-state index in [1.807, 2.05) is 41.5 Å². The summed E-state index contributed by atoms with van der Waals surface area (Å²) in [5.74, 6) is 1.25. The molecule has 4 aliphatic carbocycles. The number of ether oxygens (including phenoxy) is 4. The summed E-state index contributed by atoms with van der Waals surface area (Å²) in [5.41, 5.74) is -1.04. The molecule has 11 atom stereocenters. The average Bonchev–Trinajstić information content (AvgIpc) is 3.37. The van der Waals surface area contributed by atoms with Crippen LogP contribution in [0.1, 0.15) is 120 Å². The molecule has 0 radical (unpaired) electrons. The predicted molar refractivity (Wildman–Crippen MR) is 149 cm³/mol. The lowest BCUT2D eigenvalue weighted by atomic mass is 9.43. The Bertz CT molecular complexity index is 999. The Balaban J connectivity index is 1.27. The molecular formula is C33H54O6. The lowest BCUT2D eigenvalue weighted by molar-refractivity contribution is -0.188. The third-order valence-corrected chi connectivity index (χ3v) is 12.5. The van der Waals surface area contributed by atoms with Crippen LogP contribution in [0.25, 0.3) is 0 Å². The molecule has 0 unspecified atom stereocenters. The van der Waals surface area contributed by atoms with E-state index in [0.29, 0.717) is 35.9 Å². The van der Waals surface area contributed by atoms with Gasteiger partial charge in [-0.2, -0.15) is 0 Å². The zero-order valence-corrected chi connectivity index (χ0v) is 26.0. The third-order valence-electron chi connectivity index (χ3n) is 12.5. The van der Waals surface area contributed by atoms with E-state index >= 15 is 0 Å². The number of ketones is 1. The van der Waals surface area contributed by atoms with Crippen LogP contribution < -0.4 is 0 Å². The van der Waals surface area contributed by atoms with Crippen LogP contribution in [-0.2, 0) is 23.7 Å². The Morgan fingerprint density at radius 1 is 0.872 bits per heavy atom. The minimum Gasteiger partial charge on any atom is -0.390 e. The highest BCUT2D eigenvalue weighted by atomic mass is 16.8. The molecule has 2 aliphatic heterocycles. The topological polar surface area (TPSA) is 74.2 Å². The molecule has 6 fully saturated rings. The molecule has 222 valence electrons. The molecule has 2 saturated heterocycles. The summed E-state index contributed by atoms with van der Waals surface area (Å²) in [4.78, 5) is 13.9. The van der Waals surface area contributed by atoms with Crippen molar-refractivity contribution in [3.63, 3.8) is 0 Å². The van der Waals surface area contributed by atoms with E-state index < -0.39 is 22.8 Å². The molecule has 1 N–H and O–H groups in total. The van der Waals surface area contributed by atoms with Crippen LogP contribution in [-0.4, -0.2) is 52.0 Å². The summed E-state index contributed by atoms with van der Waals surface area (Å²) < 4.78 is 26.0. The molecule has 0 amide bonds. The normalized spacial score (nSPS) is 52.2. The van der Waals surface area contributed by atoms with Gasteiger partial charge >= 0.3 is 0 Å². The fourth-order valence-electron chi connectivity index (χ4n) is 11.2. The van der Waals surface area contributed by atoms with Gasteiger partial charge in [-0.3, -0.25) is 4.79 Å². The van der Waals surface area contributed by atoms with Crippen molar-refractivity contribution in [3.05, 3.63) is 0 Å². The van der Waals surface area contributed by atoms with Crippen molar-refractivity contribution in [1.29, 1.82) is 0 Å². The Labute approximate surface area is 236 Å². The Morgan fingerprint density at radius 2 is 1.54 bits per heavy atom. The zero-order chi connectivity index (χ0) is 28.4. The van der Waals surface area contributed by atoms with E-state index in [-0.39, 0.29) is 35.1 Å². The van der Waals surface area contributed by atoms with Crippen molar-refractivity contribution in [2.75, 3.05) is 0 Å². The number of Topliss-reactive ketones (excluding diaryl/α,β-unsaturated/α-hetero) is 1. The van der Waals surface area contributed by atoms with Gasteiger partial charge in [0.05, 0.1) is 29.5 Å². The maximum Gasteiger partial charge on any atom is 0.164 e. The van der Waals surface area contributed by atoms with E-state index in [1.54, 1.807) is 0 Å². The third kappa shape index (κ3) is 4.49. The summed E-state index contributed by atoms with van der Waals surface area (Å²) in [5, 5.41) is 10.5. The van der Waals surface area contributed by atoms with E-state index in [4.69, 9.17) is 18.9 Å². The van der Waals surface area contributed by atoms with Crippen LogP contribution in [0.2, 0.25) is 0 Å². The maximum atomic E-state index is 13.9. The molecular weight excluding hydrogens is 492 g/mol. The molecule has 0 aromatic carbocycles. The number of rotatable bonds is 4. The lowest BCUT2D eigenvalue weighted by Crippen LogP contribution is -2.60. The molecule has 0 bridgehead atoms. The first kappa shape index (κ1) is 28.6. The number of fused-ring (bicyclic) bond motifs is 6. The molecule has 0 spiro atoms. The van der Waals surface area contributed by atoms with Crippen LogP contribution in [0.5, 0.6) is 0 Å². The Hall–Kier alpha value is -0.530. The highest BCUT2D eigenvalue weighted by molar-refractivity contribution is 5.83. The van der Waals surface area contributed by atoms with Crippen molar-refractivity contribution < 1.29 is 28.8 Å². The smallest absolute Gasteiger partial charge is 0.164 e. The largest absolute Gasteiger partial charge is 0.390 e. The Kier molecular flexibility index (Phi) is 6.41. The molecule has 4 saturated carbocycles. The van der Waals surface area contributed by atoms with Gasteiger partial charge in [-0.1, -0.05) is 13.8 Å². The molecule has 6 heteroatoms. The highest BCUT2D eigenvalue weighted by Gasteiger charge is 2.68. The van der Waals surface area contributed by atoms with Crippen molar-refractivity contribution in [1.82, 2.24) is 0 Å². The molecule has 0 aromatic rings. The molecule has 2 heterocycles. The van der Waals surface area contributed by atoms with Gasteiger partial charge in [-0.05, 0) is 134 Å². The summed E-state index contributed by atoms with van der Waals surface area (Å²) >= 11 is 0. The first-order valence-electron chi connectivity index (χ1n) is 15.9. The van der Waals surface area contributed by atoms with Crippen LogP contribution in [0.4, 0.5) is 0 Å². The second kappa shape index (κ2) is 8.75. The van der Waals surface area contributed by atoms with Crippen LogP contribution >= 0.6 is 0 Å². The summed E-state index contributed by atoms with van der Waals surface area (Å²) in [7, 11) is 0. The summed E-state index contributed by atoms with van der Waals surface area (Å²) in [6.45, 7) is 19.1. The molecule has 0 aromatic heterocycles. The highest BCUT2D eigenvalue weighted by Crippen LogP contribution is 2.70. The monoisotopic (exact) mass is 546 g/mol. The number of carbonyl (C=O) groups excluding carboxylic acids is 1. The van der Waals surface area contributed by atoms with Gasteiger partial charge in [-0.15, -0.1) is 0 Å². The van der Waals surface area contributed by atoms with E-state index in [0.717, 1.165) is 38.5 Å². The van der Waals surface area contributed by atoms with Gasteiger partial charge in [0, 0.05) is 12.3 Å². The van der Waals surface area contributed by atoms with E-state index in [2.05, 4.69) is 20.8 Å². The minimum atomic E-state index is -0.728. The van der Waals surface area contributed by atoms with Crippen molar-refractivity contribution in [3.8, 4) is 0 Å². The molecule has 6 aliphatic rings. The predicted octanol–water partition coefficient (Wildman–Crippen LogP) is 6.42. The molecule has 6 rings (SSSR count). The Morgan fingerprint density at radius 3 is 2.23 bits per heavy atom. The number of hydrogen-bond donors (Lipinski definition) is 1. The average molecular weight is 547 g/mol. The number of carbonyl (C=O) groups is 1. The van der Waals surface area contributed by atoms with E-state index in [9.17, 15) is 9.90 Å². The van der Waals surface area contributed by atoms with Gasteiger partial charge in [-0.25, -0.2) is 0 Å². The fraction of sp³-hybridized carbons (Fsp3) is 0.970. The summed E-state index contributed by atoms with van der Waals surface area (Å²) in [6.07, 6.45) is 8.66.